The van der Waals surface area contributed by atoms with Crippen molar-refractivity contribution in [1.29, 1.82) is 0 Å². The molecular weight excluding hydrogens is 204 g/mol. The van der Waals surface area contributed by atoms with Crippen molar-refractivity contribution >= 4 is 5.97 Å². The van der Waals surface area contributed by atoms with Crippen LogP contribution in [0, 0.1) is 6.92 Å². The third kappa shape index (κ3) is 3.42. The number of hydrogen-bond acceptors (Lipinski definition) is 3. The molecular formula is C13H16O3. The van der Waals surface area contributed by atoms with Crippen LogP contribution in [-0.2, 0) is 9.53 Å². The Balaban J connectivity index is 2.49. The first-order valence-corrected chi connectivity index (χ1v) is 5.18. The summed E-state index contributed by atoms with van der Waals surface area (Å²) in [7, 11) is 0. The van der Waals surface area contributed by atoms with Crippen LogP contribution in [0.1, 0.15) is 12.5 Å². The number of hydrogen-bond donors (Lipinski definition) is 0. The quantitative estimate of drug-likeness (QED) is 0.565. The van der Waals surface area contributed by atoms with E-state index in [-0.39, 0.29) is 6.61 Å². The van der Waals surface area contributed by atoms with Gasteiger partial charge in [-0.05, 0) is 25.5 Å². The lowest BCUT2D eigenvalue weighted by Crippen LogP contribution is -2.13. The molecule has 0 amide bonds. The molecule has 0 aliphatic carbocycles. The van der Waals surface area contributed by atoms with Gasteiger partial charge in [0.15, 0.2) is 0 Å². The van der Waals surface area contributed by atoms with Crippen LogP contribution in [0.15, 0.2) is 36.4 Å². The van der Waals surface area contributed by atoms with Crippen LogP contribution in [0.4, 0.5) is 0 Å². The molecule has 86 valence electrons. The largest absolute Gasteiger partial charge is 0.488 e. The Hall–Kier alpha value is -1.77. The monoisotopic (exact) mass is 220 g/mol. The molecule has 3 heteroatoms. The number of ether oxygens (including phenoxy) is 2. The summed E-state index contributed by atoms with van der Waals surface area (Å²) in [6.45, 7) is 7.83. The highest BCUT2D eigenvalue weighted by molar-refractivity contribution is 5.88. The van der Waals surface area contributed by atoms with Crippen LogP contribution in [-0.4, -0.2) is 19.2 Å². The van der Waals surface area contributed by atoms with Crippen molar-refractivity contribution in [3.63, 3.8) is 0 Å². The SMILES string of the molecule is C=C(COc1ccccc1C)C(=O)OCC. The predicted molar refractivity (Wildman–Crippen MR) is 62.4 cm³/mol. The fraction of sp³-hybridized carbons (Fsp3) is 0.308. The topological polar surface area (TPSA) is 35.5 Å². The summed E-state index contributed by atoms with van der Waals surface area (Å²) in [6, 6.07) is 7.62. The third-order valence-electron chi connectivity index (χ3n) is 2.06. The minimum Gasteiger partial charge on any atom is -0.488 e. The summed E-state index contributed by atoms with van der Waals surface area (Å²) in [4.78, 5) is 11.2. The summed E-state index contributed by atoms with van der Waals surface area (Å²) in [6.07, 6.45) is 0. The van der Waals surface area contributed by atoms with E-state index in [0.29, 0.717) is 12.2 Å². The van der Waals surface area contributed by atoms with E-state index in [1.165, 1.54) is 0 Å². The molecule has 0 atom stereocenters. The summed E-state index contributed by atoms with van der Waals surface area (Å²) in [5, 5.41) is 0. The van der Waals surface area contributed by atoms with Crippen LogP contribution in [0.5, 0.6) is 5.75 Å². The Morgan fingerprint density at radius 1 is 1.38 bits per heavy atom. The van der Waals surface area contributed by atoms with Gasteiger partial charge in [-0.15, -0.1) is 0 Å². The van der Waals surface area contributed by atoms with E-state index in [0.717, 1.165) is 11.3 Å². The smallest absolute Gasteiger partial charge is 0.336 e. The predicted octanol–water partition coefficient (Wildman–Crippen LogP) is 2.49. The number of rotatable bonds is 5. The van der Waals surface area contributed by atoms with Crippen molar-refractivity contribution in [3.05, 3.63) is 42.0 Å². The van der Waals surface area contributed by atoms with Crippen molar-refractivity contribution in [2.45, 2.75) is 13.8 Å². The number of carbonyl (C=O) groups is 1. The molecule has 0 heterocycles. The molecule has 0 radical (unpaired) electrons. The first-order chi connectivity index (χ1) is 7.65. The Labute approximate surface area is 95.7 Å². The molecule has 0 aliphatic rings. The van der Waals surface area contributed by atoms with Crippen molar-refractivity contribution < 1.29 is 14.3 Å². The molecule has 0 N–H and O–H groups in total. The molecule has 0 saturated carbocycles. The maximum absolute atomic E-state index is 11.2. The lowest BCUT2D eigenvalue weighted by molar-refractivity contribution is -0.138. The lowest BCUT2D eigenvalue weighted by atomic mass is 10.2. The zero-order valence-corrected chi connectivity index (χ0v) is 9.66. The van der Waals surface area contributed by atoms with E-state index in [1.54, 1.807) is 6.92 Å². The highest BCUT2D eigenvalue weighted by atomic mass is 16.5. The Bertz CT molecular complexity index is 383. The summed E-state index contributed by atoms with van der Waals surface area (Å²) >= 11 is 0. The average Bonchev–Trinajstić information content (AvgIpc) is 2.28. The Morgan fingerprint density at radius 2 is 2.06 bits per heavy atom. The van der Waals surface area contributed by atoms with Crippen LogP contribution in [0.2, 0.25) is 0 Å². The molecule has 0 fully saturated rings. The van der Waals surface area contributed by atoms with Crippen molar-refractivity contribution in [1.82, 2.24) is 0 Å². The maximum atomic E-state index is 11.2. The van der Waals surface area contributed by atoms with Gasteiger partial charge in [-0.3, -0.25) is 0 Å². The minimum absolute atomic E-state index is 0.156. The standard InChI is InChI=1S/C13H16O3/c1-4-15-13(14)11(3)9-16-12-8-6-5-7-10(12)2/h5-8H,3-4,9H2,1-2H3. The van der Waals surface area contributed by atoms with Gasteiger partial charge in [0.1, 0.15) is 12.4 Å². The second-order valence-electron chi connectivity index (χ2n) is 3.38. The molecule has 0 bridgehead atoms. The summed E-state index contributed by atoms with van der Waals surface area (Å²) < 4.78 is 10.3. The third-order valence-corrected chi connectivity index (χ3v) is 2.06. The zero-order chi connectivity index (χ0) is 12.0. The van der Waals surface area contributed by atoms with Crippen LogP contribution in [0.3, 0.4) is 0 Å². The van der Waals surface area contributed by atoms with Gasteiger partial charge in [-0.2, -0.15) is 0 Å². The molecule has 1 aromatic carbocycles. The number of carbonyl (C=O) groups excluding carboxylic acids is 1. The van der Waals surface area contributed by atoms with Gasteiger partial charge >= 0.3 is 5.97 Å². The highest BCUT2D eigenvalue weighted by Crippen LogP contribution is 2.16. The first kappa shape index (κ1) is 12.3. The molecule has 0 aromatic heterocycles. The van der Waals surface area contributed by atoms with E-state index in [2.05, 4.69) is 6.58 Å². The van der Waals surface area contributed by atoms with Gasteiger partial charge in [-0.25, -0.2) is 4.79 Å². The molecule has 1 aromatic rings. The fourth-order valence-corrected chi connectivity index (χ4v) is 1.18. The van der Waals surface area contributed by atoms with Gasteiger partial charge < -0.3 is 9.47 Å². The summed E-state index contributed by atoms with van der Waals surface area (Å²) in [5.41, 5.74) is 1.35. The van der Waals surface area contributed by atoms with Gasteiger partial charge in [0.25, 0.3) is 0 Å². The maximum Gasteiger partial charge on any atom is 0.336 e. The molecule has 3 nitrogen and oxygen atoms in total. The van der Waals surface area contributed by atoms with Gasteiger partial charge in [0.05, 0.1) is 12.2 Å². The van der Waals surface area contributed by atoms with E-state index < -0.39 is 5.97 Å². The summed E-state index contributed by atoms with van der Waals surface area (Å²) in [5.74, 6) is 0.351. The zero-order valence-electron chi connectivity index (χ0n) is 9.66. The molecule has 0 spiro atoms. The molecule has 16 heavy (non-hydrogen) atoms. The molecule has 1 rings (SSSR count). The molecule has 0 saturated heterocycles. The van der Waals surface area contributed by atoms with E-state index >= 15 is 0 Å². The number of aryl methyl sites for hydroxylation is 1. The molecule has 0 unspecified atom stereocenters. The lowest BCUT2D eigenvalue weighted by Gasteiger charge is -2.09. The second-order valence-corrected chi connectivity index (χ2v) is 3.38. The Morgan fingerprint density at radius 3 is 2.69 bits per heavy atom. The van der Waals surface area contributed by atoms with Crippen molar-refractivity contribution in [2.75, 3.05) is 13.2 Å². The van der Waals surface area contributed by atoms with E-state index in [1.807, 2.05) is 31.2 Å². The number of esters is 1. The minimum atomic E-state index is -0.406. The van der Waals surface area contributed by atoms with Gasteiger partial charge in [-0.1, -0.05) is 24.8 Å². The van der Waals surface area contributed by atoms with Crippen LogP contribution < -0.4 is 4.74 Å². The first-order valence-electron chi connectivity index (χ1n) is 5.18. The van der Waals surface area contributed by atoms with E-state index in [4.69, 9.17) is 9.47 Å². The van der Waals surface area contributed by atoms with E-state index in [9.17, 15) is 4.79 Å². The highest BCUT2D eigenvalue weighted by Gasteiger charge is 2.08. The Kier molecular flexibility index (Phi) is 4.58. The van der Waals surface area contributed by atoms with Crippen molar-refractivity contribution in [3.8, 4) is 5.75 Å². The molecule has 0 aliphatic heterocycles. The fourth-order valence-electron chi connectivity index (χ4n) is 1.18. The van der Waals surface area contributed by atoms with Gasteiger partial charge in [0.2, 0.25) is 0 Å². The average molecular weight is 220 g/mol. The van der Waals surface area contributed by atoms with Crippen molar-refractivity contribution in [2.24, 2.45) is 0 Å². The second kappa shape index (κ2) is 5.95. The normalized spacial score (nSPS) is 9.62. The number of benzene rings is 1. The van der Waals surface area contributed by atoms with Gasteiger partial charge in [0, 0.05) is 0 Å². The number of para-hydroxylation sites is 1. The van der Waals surface area contributed by atoms with Crippen LogP contribution in [0.25, 0.3) is 0 Å². The van der Waals surface area contributed by atoms with Crippen LogP contribution >= 0.6 is 0 Å².